The lowest BCUT2D eigenvalue weighted by molar-refractivity contribution is 0.0936. The molecule has 0 aliphatic heterocycles. The van der Waals surface area contributed by atoms with Gasteiger partial charge in [-0.3, -0.25) is 10.6 Å². The van der Waals surface area contributed by atoms with Gasteiger partial charge in [-0.15, -0.1) is 11.3 Å². The maximum Gasteiger partial charge on any atom is 0.253 e. The number of thiophene rings is 1. The Bertz CT molecular complexity index is 601. The van der Waals surface area contributed by atoms with Crippen molar-refractivity contribution in [2.45, 2.75) is 25.8 Å². The van der Waals surface area contributed by atoms with Gasteiger partial charge in [0.05, 0.1) is 17.3 Å². The van der Waals surface area contributed by atoms with Gasteiger partial charge < -0.3 is 10.7 Å². The largest absolute Gasteiger partial charge is 0.344 e. The number of nitrogens with one attached hydrogen (secondary N) is 2. The van der Waals surface area contributed by atoms with Gasteiger partial charge in [-0.1, -0.05) is 31.0 Å². The number of rotatable bonds is 6. The first kappa shape index (κ1) is 15.8. The summed E-state index contributed by atoms with van der Waals surface area (Å²) in [5, 5.41) is 5.57. The van der Waals surface area contributed by atoms with Crippen molar-refractivity contribution in [1.82, 2.24) is 5.32 Å². The Hall–Kier alpha value is -1.56. The molecule has 0 aliphatic carbocycles. The molecule has 0 saturated heterocycles. The molecule has 112 valence electrons. The first-order valence-corrected chi connectivity index (χ1v) is 8.02. The third-order valence-corrected chi connectivity index (χ3v) is 4.37. The minimum Gasteiger partial charge on any atom is -0.344 e. The molecule has 1 aromatic carbocycles. The highest BCUT2D eigenvalue weighted by atomic mass is 35.5. The van der Waals surface area contributed by atoms with Crippen LogP contribution in [0.25, 0.3) is 0 Å². The number of hydrogen-bond acceptors (Lipinski definition) is 4. The van der Waals surface area contributed by atoms with Crippen molar-refractivity contribution in [3.63, 3.8) is 0 Å². The first-order valence-electron chi connectivity index (χ1n) is 6.76. The zero-order chi connectivity index (χ0) is 15.2. The summed E-state index contributed by atoms with van der Waals surface area (Å²) in [6.07, 6.45) is 1.87. The maximum absolute atomic E-state index is 12.5. The van der Waals surface area contributed by atoms with E-state index in [2.05, 4.69) is 17.7 Å². The van der Waals surface area contributed by atoms with Crippen LogP contribution >= 0.6 is 22.9 Å². The molecule has 6 heteroatoms. The molecule has 0 spiro atoms. The van der Waals surface area contributed by atoms with E-state index in [1.807, 2.05) is 17.5 Å². The number of hydrazine groups is 1. The van der Waals surface area contributed by atoms with E-state index in [1.54, 1.807) is 29.5 Å². The minimum absolute atomic E-state index is 0.00658. The van der Waals surface area contributed by atoms with E-state index in [0.717, 1.165) is 17.7 Å². The van der Waals surface area contributed by atoms with Crippen LogP contribution in [0.3, 0.4) is 0 Å². The van der Waals surface area contributed by atoms with E-state index in [-0.39, 0.29) is 11.9 Å². The highest BCUT2D eigenvalue weighted by Crippen LogP contribution is 2.25. The lowest BCUT2D eigenvalue weighted by Crippen LogP contribution is -2.29. The number of carbonyl (C=O) groups is 1. The van der Waals surface area contributed by atoms with E-state index in [9.17, 15) is 4.79 Å². The van der Waals surface area contributed by atoms with Crippen LogP contribution in [0.15, 0.2) is 35.7 Å². The fraction of sp³-hybridized carbons (Fsp3) is 0.267. The Morgan fingerprint density at radius 2 is 2.24 bits per heavy atom. The third kappa shape index (κ3) is 3.97. The predicted molar refractivity (Wildman–Crippen MR) is 88.7 cm³/mol. The molecule has 1 unspecified atom stereocenters. The van der Waals surface area contributed by atoms with Gasteiger partial charge >= 0.3 is 0 Å². The van der Waals surface area contributed by atoms with Crippen molar-refractivity contribution in [2.24, 2.45) is 5.84 Å². The lowest BCUT2D eigenvalue weighted by Gasteiger charge is -2.18. The van der Waals surface area contributed by atoms with Crippen LogP contribution in [-0.2, 0) is 0 Å². The van der Waals surface area contributed by atoms with E-state index >= 15 is 0 Å². The molecule has 2 rings (SSSR count). The minimum atomic E-state index is -0.183. The normalized spacial score (nSPS) is 12.0. The number of benzene rings is 1. The second-order valence-electron chi connectivity index (χ2n) is 4.66. The second kappa shape index (κ2) is 7.45. The van der Waals surface area contributed by atoms with Gasteiger partial charge in [-0.05, 0) is 36.1 Å². The van der Waals surface area contributed by atoms with Crippen molar-refractivity contribution in [1.29, 1.82) is 0 Å². The highest BCUT2D eigenvalue weighted by Gasteiger charge is 2.18. The number of anilines is 1. The predicted octanol–water partition coefficient (Wildman–Crippen LogP) is 3.96. The van der Waals surface area contributed by atoms with Crippen molar-refractivity contribution in [2.75, 3.05) is 5.43 Å². The molecule has 1 atom stereocenters. The van der Waals surface area contributed by atoms with Crippen molar-refractivity contribution < 1.29 is 4.79 Å². The van der Waals surface area contributed by atoms with Crippen LogP contribution in [0.1, 0.15) is 41.0 Å². The van der Waals surface area contributed by atoms with Crippen LogP contribution in [0.4, 0.5) is 5.69 Å². The van der Waals surface area contributed by atoms with Crippen molar-refractivity contribution >= 4 is 34.5 Å². The number of carbonyl (C=O) groups excluding carboxylic acids is 1. The number of amides is 1. The molecule has 4 nitrogen and oxygen atoms in total. The average molecular weight is 324 g/mol. The van der Waals surface area contributed by atoms with Gasteiger partial charge in [0.1, 0.15) is 0 Å². The Balaban J connectivity index is 2.21. The summed E-state index contributed by atoms with van der Waals surface area (Å²) in [6, 6.07) is 9.02. The van der Waals surface area contributed by atoms with Crippen LogP contribution in [0, 0.1) is 0 Å². The van der Waals surface area contributed by atoms with E-state index in [1.165, 1.54) is 0 Å². The molecular formula is C15H18ClN3OS. The zero-order valence-electron chi connectivity index (χ0n) is 11.7. The van der Waals surface area contributed by atoms with Crippen LogP contribution in [-0.4, -0.2) is 5.91 Å². The fourth-order valence-corrected chi connectivity index (χ4v) is 3.11. The average Bonchev–Trinajstić information content (AvgIpc) is 3.00. The summed E-state index contributed by atoms with van der Waals surface area (Å²) >= 11 is 7.61. The van der Waals surface area contributed by atoms with Gasteiger partial charge in [-0.25, -0.2) is 0 Å². The van der Waals surface area contributed by atoms with Gasteiger partial charge in [0.25, 0.3) is 5.91 Å². The molecular weight excluding hydrogens is 306 g/mol. The third-order valence-electron chi connectivity index (χ3n) is 3.15. The summed E-state index contributed by atoms with van der Waals surface area (Å²) in [6.45, 7) is 2.10. The molecule has 2 aromatic rings. The smallest absolute Gasteiger partial charge is 0.253 e. The monoisotopic (exact) mass is 323 g/mol. The maximum atomic E-state index is 12.5. The summed E-state index contributed by atoms with van der Waals surface area (Å²) in [5.41, 5.74) is 3.53. The van der Waals surface area contributed by atoms with Crippen LogP contribution in [0.2, 0.25) is 5.02 Å². The van der Waals surface area contributed by atoms with E-state index in [4.69, 9.17) is 17.4 Å². The Labute approximate surface area is 133 Å². The Morgan fingerprint density at radius 1 is 1.43 bits per heavy atom. The number of nitrogen functional groups attached to an aromatic ring is 1. The fourth-order valence-electron chi connectivity index (χ4n) is 2.13. The molecule has 21 heavy (non-hydrogen) atoms. The van der Waals surface area contributed by atoms with E-state index in [0.29, 0.717) is 16.3 Å². The standard InChI is InChI=1S/C15H18ClN3OS/c1-2-4-13(14-5-3-8-21-14)18-15(20)11-9-10(16)6-7-12(11)19-17/h3,5-9,13,19H,2,4,17H2,1H3,(H,18,20). The summed E-state index contributed by atoms with van der Waals surface area (Å²) in [7, 11) is 0. The van der Waals surface area contributed by atoms with Crippen LogP contribution in [0.5, 0.6) is 0 Å². The molecule has 1 heterocycles. The summed E-state index contributed by atoms with van der Waals surface area (Å²) < 4.78 is 0. The molecule has 1 aromatic heterocycles. The van der Waals surface area contributed by atoms with Gasteiger partial charge in [-0.2, -0.15) is 0 Å². The molecule has 0 fully saturated rings. The molecule has 0 saturated carbocycles. The van der Waals surface area contributed by atoms with Gasteiger partial charge in [0, 0.05) is 9.90 Å². The summed E-state index contributed by atoms with van der Waals surface area (Å²) in [4.78, 5) is 13.6. The van der Waals surface area contributed by atoms with Gasteiger partial charge in [0.15, 0.2) is 0 Å². The van der Waals surface area contributed by atoms with E-state index < -0.39 is 0 Å². The number of hydrogen-bond donors (Lipinski definition) is 3. The molecule has 0 bridgehead atoms. The van der Waals surface area contributed by atoms with Gasteiger partial charge in [0.2, 0.25) is 0 Å². The topological polar surface area (TPSA) is 67.2 Å². The van der Waals surface area contributed by atoms with Crippen LogP contribution < -0.4 is 16.6 Å². The lowest BCUT2D eigenvalue weighted by atomic mass is 10.1. The number of nitrogens with two attached hydrogens (primary N) is 1. The highest BCUT2D eigenvalue weighted by molar-refractivity contribution is 7.10. The first-order chi connectivity index (χ1) is 10.2. The Kier molecular flexibility index (Phi) is 5.61. The second-order valence-corrected chi connectivity index (χ2v) is 6.08. The zero-order valence-corrected chi connectivity index (χ0v) is 13.3. The quantitative estimate of drug-likeness (QED) is 0.557. The molecule has 4 N–H and O–H groups in total. The van der Waals surface area contributed by atoms with Crippen molar-refractivity contribution in [3.8, 4) is 0 Å². The van der Waals surface area contributed by atoms with Crippen molar-refractivity contribution in [3.05, 3.63) is 51.2 Å². The summed E-state index contributed by atoms with van der Waals surface area (Å²) in [5.74, 6) is 5.27. The molecule has 1 amide bonds. The molecule has 0 radical (unpaired) electrons. The Morgan fingerprint density at radius 3 is 2.86 bits per heavy atom. The number of halogens is 1. The SMILES string of the molecule is CCCC(NC(=O)c1cc(Cl)ccc1NN)c1cccs1. The molecule has 0 aliphatic rings.